The lowest BCUT2D eigenvalue weighted by atomic mass is 9.72. The maximum absolute atomic E-state index is 13.8. The van der Waals surface area contributed by atoms with Crippen LogP contribution in [0, 0.1) is 5.41 Å². The molecule has 11 heteroatoms. The highest BCUT2D eigenvalue weighted by molar-refractivity contribution is 7.17. The number of pyridine rings is 1. The van der Waals surface area contributed by atoms with Gasteiger partial charge in [-0.25, -0.2) is 4.98 Å². The zero-order valence-electron chi connectivity index (χ0n) is 19.7. The summed E-state index contributed by atoms with van der Waals surface area (Å²) >= 11 is 0.878. The fourth-order valence-corrected chi connectivity index (χ4v) is 5.52. The Labute approximate surface area is 200 Å². The molecule has 0 aromatic carbocycles. The molecule has 1 spiro atoms. The van der Waals surface area contributed by atoms with Gasteiger partial charge in [0.05, 0.1) is 26.9 Å². The molecule has 2 saturated heterocycles. The first-order chi connectivity index (χ1) is 15.8. The van der Waals surface area contributed by atoms with Crippen LogP contribution in [0.2, 0.25) is 0 Å². The first kappa shape index (κ1) is 24.7. The van der Waals surface area contributed by atoms with Gasteiger partial charge in [0.2, 0.25) is 5.91 Å². The zero-order chi connectivity index (χ0) is 24.9. The maximum atomic E-state index is 13.8. The fraction of sp³-hybridized carbons (Fsp3) is 0.609. The molecule has 0 atom stereocenters. The molecule has 2 aliphatic rings. The lowest BCUT2D eigenvalue weighted by molar-refractivity contribution is -0.154. The number of rotatable bonds is 4. The molecule has 4 rings (SSSR count). The number of amides is 2. The highest BCUT2D eigenvalue weighted by Gasteiger charge is 2.47. The number of carbonyl (C=O) groups is 2. The average Bonchev–Trinajstić information content (AvgIpc) is 3.17. The standard InChI is InChI=1S/C23H29F3N4O3S/c1-21(2,3)33-10-17(31)30-12-22(13-30)5-7-29(8-6-22)16-9-15(23(24,25)26)19-18(28-16)14(11-34-19)20(32)27-4/h9,11H,5-8,10,12-13H2,1-4H3,(H,27,32). The van der Waals surface area contributed by atoms with Crippen LogP contribution in [0.15, 0.2) is 11.4 Å². The van der Waals surface area contributed by atoms with Crippen LogP contribution in [0.5, 0.6) is 0 Å². The Bertz CT molecular complexity index is 1090. The van der Waals surface area contributed by atoms with Crippen molar-refractivity contribution in [2.45, 2.75) is 45.4 Å². The van der Waals surface area contributed by atoms with Crippen molar-refractivity contribution in [2.75, 3.05) is 44.7 Å². The van der Waals surface area contributed by atoms with Crippen LogP contribution in [-0.2, 0) is 15.7 Å². The summed E-state index contributed by atoms with van der Waals surface area (Å²) in [6.45, 7) is 8.10. The molecule has 2 aromatic heterocycles. The predicted octanol–water partition coefficient (Wildman–Crippen LogP) is 3.92. The Morgan fingerprint density at radius 3 is 2.41 bits per heavy atom. The molecule has 2 aliphatic heterocycles. The average molecular weight is 499 g/mol. The molecule has 2 aromatic rings. The number of likely N-dealkylation sites (tertiary alicyclic amines) is 1. The number of thiophene rings is 1. The number of nitrogens with one attached hydrogen (secondary N) is 1. The highest BCUT2D eigenvalue weighted by atomic mass is 32.1. The first-order valence-corrected chi connectivity index (χ1v) is 12.1. The van der Waals surface area contributed by atoms with E-state index >= 15 is 0 Å². The summed E-state index contributed by atoms with van der Waals surface area (Å²) < 4.78 is 47.0. The molecule has 7 nitrogen and oxygen atoms in total. The molecule has 2 fully saturated rings. The van der Waals surface area contributed by atoms with Gasteiger partial charge in [-0.3, -0.25) is 9.59 Å². The van der Waals surface area contributed by atoms with Crippen molar-refractivity contribution in [3.8, 4) is 0 Å². The quantitative estimate of drug-likeness (QED) is 0.692. The summed E-state index contributed by atoms with van der Waals surface area (Å²) in [7, 11) is 1.44. The molecular formula is C23H29F3N4O3S. The Hall–Kier alpha value is -2.40. The van der Waals surface area contributed by atoms with E-state index in [-0.39, 0.29) is 45.1 Å². The van der Waals surface area contributed by atoms with E-state index in [2.05, 4.69) is 10.3 Å². The SMILES string of the molecule is CNC(=O)c1csc2c(C(F)(F)F)cc(N3CCC4(CC3)CN(C(=O)COC(C)(C)C)C4)nc12. The minimum atomic E-state index is -4.55. The normalized spacial score (nSPS) is 18.3. The van der Waals surface area contributed by atoms with Crippen LogP contribution < -0.4 is 10.2 Å². The number of anilines is 1. The molecule has 0 unspecified atom stereocenters. The molecule has 0 radical (unpaired) electrons. The number of nitrogens with zero attached hydrogens (tertiary/aromatic N) is 3. The minimum Gasteiger partial charge on any atom is -0.366 e. The van der Waals surface area contributed by atoms with Gasteiger partial charge in [0.25, 0.3) is 5.91 Å². The van der Waals surface area contributed by atoms with Gasteiger partial charge in [-0.1, -0.05) is 0 Å². The maximum Gasteiger partial charge on any atom is 0.417 e. The fourth-order valence-electron chi connectivity index (χ4n) is 4.50. The number of alkyl halides is 3. The van der Waals surface area contributed by atoms with Crippen molar-refractivity contribution in [1.82, 2.24) is 15.2 Å². The number of carbonyl (C=O) groups excluding carboxylic acids is 2. The van der Waals surface area contributed by atoms with E-state index in [4.69, 9.17) is 4.74 Å². The van der Waals surface area contributed by atoms with Gasteiger partial charge in [0.1, 0.15) is 12.4 Å². The Kier molecular flexibility index (Phi) is 6.30. The van der Waals surface area contributed by atoms with E-state index in [9.17, 15) is 22.8 Å². The molecular weight excluding hydrogens is 469 g/mol. The molecule has 0 saturated carbocycles. The molecule has 34 heavy (non-hydrogen) atoms. The third-order valence-corrected chi connectivity index (χ3v) is 7.47. The number of ether oxygens (including phenoxy) is 1. The largest absolute Gasteiger partial charge is 0.417 e. The summed E-state index contributed by atoms with van der Waals surface area (Å²) in [5, 5.41) is 3.89. The Balaban J connectivity index is 1.48. The molecule has 0 bridgehead atoms. The van der Waals surface area contributed by atoms with Gasteiger partial charge >= 0.3 is 6.18 Å². The topological polar surface area (TPSA) is 74.8 Å². The van der Waals surface area contributed by atoms with Gasteiger partial charge in [-0.15, -0.1) is 11.3 Å². The van der Waals surface area contributed by atoms with Crippen molar-refractivity contribution < 1.29 is 27.5 Å². The van der Waals surface area contributed by atoms with Crippen molar-refractivity contribution >= 4 is 39.2 Å². The second-order valence-corrected chi connectivity index (χ2v) is 10.9. The lowest BCUT2D eigenvalue weighted by Gasteiger charge is -2.54. The van der Waals surface area contributed by atoms with Crippen LogP contribution >= 0.6 is 11.3 Å². The molecule has 0 aliphatic carbocycles. The van der Waals surface area contributed by atoms with E-state index in [1.807, 2.05) is 25.7 Å². The Morgan fingerprint density at radius 1 is 1.21 bits per heavy atom. The summed E-state index contributed by atoms with van der Waals surface area (Å²) in [5.74, 6) is -0.274. The van der Waals surface area contributed by atoms with Gasteiger partial charge < -0.3 is 19.9 Å². The zero-order valence-corrected chi connectivity index (χ0v) is 20.5. The van der Waals surface area contributed by atoms with E-state index < -0.39 is 17.6 Å². The molecule has 4 heterocycles. The second-order valence-electron chi connectivity index (χ2n) is 10.1. The van der Waals surface area contributed by atoms with E-state index in [1.54, 1.807) is 4.90 Å². The van der Waals surface area contributed by atoms with Gasteiger partial charge in [-0.2, -0.15) is 13.2 Å². The molecule has 186 valence electrons. The smallest absolute Gasteiger partial charge is 0.366 e. The first-order valence-electron chi connectivity index (χ1n) is 11.2. The number of piperidine rings is 1. The highest BCUT2D eigenvalue weighted by Crippen LogP contribution is 2.44. The number of aromatic nitrogens is 1. The van der Waals surface area contributed by atoms with E-state index in [0.717, 1.165) is 30.2 Å². The van der Waals surface area contributed by atoms with Crippen molar-refractivity contribution in [3.05, 3.63) is 22.6 Å². The van der Waals surface area contributed by atoms with Gasteiger partial charge in [-0.05, 0) is 39.7 Å². The molecule has 1 N–H and O–H groups in total. The predicted molar refractivity (Wildman–Crippen MR) is 124 cm³/mol. The monoisotopic (exact) mass is 498 g/mol. The van der Waals surface area contributed by atoms with Crippen LogP contribution in [0.1, 0.15) is 49.5 Å². The summed E-state index contributed by atoms with van der Waals surface area (Å²) in [4.78, 5) is 32.7. The third-order valence-electron chi connectivity index (χ3n) is 6.47. The molecule has 2 amide bonds. The number of hydrogen-bond acceptors (Lipinski definition) is 6. The third kappa shape index (κ3) is 4.86. The summed E-state index contributed by atoms with van der Waals surface area (Å²) in [6, 6.07) is 1.09. The number of hydrogen-bond donors (Lipinski definition) is 1. The number of halogens is 3. The van der Waals surface area contributed by atoms with Gasteiger partial charge in [0, 0.05) is 44.0 Å². The minimum absolute atomic E-state index is 0.0134. The van der Waals surface area contributed by atoms with Crippen molar-refractivity contribution in [1.29, 1.82) is 0 Å². The number of fused-ring (bicyclic) bond motifs is 1. The van der Waals surface area contributed by atoms with Crippen molar-refractivity contribution in [3.63, 3.8) is 0 Å². The Morgan fingerprint density at radius 2 is 1.85 bits per heavy atom. The summed E-state index contributed by atoms with van der Waals surface area (Å²) in [5.41, 5.74) is -0.942. The van der Waals surface area contributed by atoms with Crippen LogP contribution in [-0.4, -0.2) is 67.1 Å². The van der Waals surface area contributed by atoms with Crippen molar-refractivity contribution in [2.24, 2.45) is 5.41 Å². The van der Waals surface area contributed by atoms with E-state index in [1.165, 1.54) is 12.4 Å². The van der Waals surface area contributed by atoms with Crippen LogP contribution in [0.3, 0.4) is 0 Å². The second kappa shape index (κ2) is 8.67. The summed E-state index contributed by atoms with van der Waals surface area (Å²) in [6.07, 6.45) is -3.05. The lowest BCUT2D eigenvalue weighted by Crippen LogP contribution is -2.62. The van der Waals surface area contributed by atoms with Gasteiger partial charge in [0.15, 0.2) is 0 Å². The van der Waals surface area contributed by atoms with Crippen LogP contribution in [0.4, 0.5) is 19.0 Å². The van der Waals surface area contributed by atoms with E-state index in [0.29, 0.717) is 26.2 Å². The van der Waals surface area contributed by atoms with Crippen LogP contribution in [0.25, 0.3) is 10.2 Å².